The summed E-state index contributed by atoms with van der Waals surface area (Å²) >= 11 is 0. The van der Waals surface area contributed by atoms with Crippen molar-refractivity contribution < 1.29 is 4.74 Å². The molecule has 0 saturated heterocycles. The molecule has 2 heterocycles. The first kappa shape index (κ1) is 13.4. The van der Waals surface area contributed by atoms with Gasteiger partial charge in [0.05, 0.1) is 12.8 Å². The second-order valence-electron chi connectivity index (χ2n) is 4.52. The molecule has 0 amide bonds. The van der Waals surface area contributed by atoms with Gasteiger partial charge in [-0.25, -0.2) is 9.50 Å². The Bertz CT molecular complexity index is 753. The summed E-state index contributed by atoms with van der Waals surface area (Å²) in [7, 11) is 0. The van der Waals surface area contributed by atoms with Crippen molar-refractivity contribution in [3.63, 3.8) is 0 Å². The van der Waals surface area contributed by atoms with E-state index in [1.165, 1.54) is 0 Å². The van der Waals surface area contributed by atoms with Gasteiger partial charge in [-0.15, -0.1) is 0 Å². The third-order valence-corrected chi connectivity index (χ3v) is 3.17. The molecule has 3 aromatic rings. The van der Waals surface area contributed by atoms with Gasteiger partial charge < -0.3 is 15.8 Å². The van der Waals surface area contributed by atoms with Crippen molar-refractivity contribution in [2.24, 2.45) is 5.73 Å². The lowest BCUT2D eigenvalue weighted by Gasteiger charge is -2.12. The Morgan fingerprint density at radius 3 is 3.00 bits per heavy atom. The van der Waals surface area contributed by atoms with E-state index in [1.54, 1.807) is 16.9 Å². The number of anilines is 2. The summed E-state index contributed by atoms with van der Waals surface area (Å²) in [6.45, 7) is 3.00. The molecule has 3 rings (SSSR count). The Balaban J connectivity index is 1.92. The lowest BCUT2D eigenvalue weighted by atomic mass is 10.1. The number of ether oxygens (including phenoxy) is 1. The van der Waals surface area contributed by atoms with E-state index in [4.69, 9.17) is 10.5 Å². The molecule has 2 aromatic heterocycles. The molecule has 108 valence electrons. The Labute approximate surface area is 122 Å². The quantitative estimate of drug-likeness (QED) is 0.751. The minimum absolute atomic E-state index is 0.426. The third-order valence-electron chi connectivity index (χ3n) is 3.17. The predicted molar refractivity (Wildman–Crippen MR) is 81.8 cm³/mol. The molecule has 0 spiro atoms. The summed E-state index contributed by atoms with van der Waals surface area (Å²) in [4.78, 5) is 4.35. The number of benzene rings is 1. The predicted octanol–water partition coefficient (Wildman–Crippen LogP) is 2.33. The molecular formula is C15H17N5O. The monoisotopic (exact) mass is 283 g/mol. The highest BCUT2D eigenvalue weighted by atomic mass is 16.5. The van der Waals surface area contributed by atoms with Gasteiger partial charge in [0, 0.05) is 30.2 Å². The molecule has 6 heteroatoms. The molecule has 0 unspecified atom stereocenters. The zero-order chi connectivity index (χ0) is 14.7. The summed E-state index contributed by atoms with van der Waals surface area (Å²) in [5, 5.41) is 7.48. The molecule has 21 heavy (non-hydrogen) atoms. The van der Waals surface area contributed by atoms with Crippen molar-refractivity contribution in [3.8, 4) is 5.75 Å². The van der Waals surface area contributed by atoms with Crippen LogP contribution in [-0.2, 0) is 6.54 Å². The summed E-state index contributed by atoms with van der Waals surface area (Å²) in [6, 6.07) is 7.76. The van der Waals surface area contributed by atoms with E-state index in [-0.39, 0.29) is 0 Å². The van der Waals surface area contributed by atoms with Crippen molar-refractivity contribution in [2.45, 2.75) is 13.5 Å². The summed E-state index contributed by atoms with van der Waals surface area (Å²) in [6.07, 6.45) is 5.26. The van der Waals surface area contributed by atoms with Gasteiger partial charge in [0.1, 0.15) is 11.3 Å². The van der Waals surface area contributed by atoms with Crippen LogP contribution in [0.2, 0.25) is 0 Å². The van der Waals surface area contributed by atoms with Crippen molar-refractivity contribution in [3.05, 3.63) is 48.4 Å². The van der Waals surface area contributed by atoms with Crippen LogP contribution in [-0.4, -0.2) is 21.2 Å². The van der Waals surface area contributed by atoms with E-state index in [1.807, 2.05) is 37.4 Å². The normalized spacial score (nSPS) is 10.8. The molecule has 0 atom stereocenters. The Morgan fingerprint density at radius 2 is 2.19 bits per heavy atom. The van der Waals surface area contributed by atoms with Crippen LogP contribution in [0.5, 0.6) is 5.75 Å². The molecular weight excluding hydrogens is 266 g/mol. The average Bonchev–Trinajstić information content (AvgIpc) is 2.98. The van der Waals surface area contributed by atoms with Gasteiger partial charge in [-0.1, -0.05) is 0 Å². The Hall–Kier alpha value is -2.60. The molecule has 0 aliphatic rings. The minimum atomic E-state index is 0.426. The van der Waals surface area contributed by atoms with E-state index >= 15 is 0 Å². The fourth-order valence-corrected chi connectivity index (χ4v) is 2.20. The fraction of sp³-hybridized carbons (Fsp3) is 0.200. The van der Waals surface area contributed by atoms with Crippen LogP contribution in [0.15, 0.2) is 42.9 Å². The Morgan fingerprint density at radius 1 is 1.29 bits per heavy atom. The van der Waals surface area contributed by atoms with Gasteiger partial charge in [-0.2, -0.15) is 5.10 Å². The van der Waals surface area contributed by atoms with Gasteiger partial charge in [0.25, 0.3) is 0 Å². The second-order valence-corrected chi connectivity index (χ2v) is 4.52. The maximum Gasteiger partial charge on any atom is 0.156 e. The smallest absolute Gasteiger partial charge is 0.156 e. The molecule has 6 nitrogen and oxygen atoms in total. The molecule has 0 aliphatic heterocycles. The standard InChI is InChI=1S/C15H17N5O/c1-2-21-14-4-3-12(9-11(14)10-16)19-15-13-5-6-18-20(13)8-7-17-15/h3-9H,2,10,16H2,1H3,(H,17,19). The van der Waals surface area contributed by atoms with Gasteiger partial charge in [0.2, 0.25) is 0 Å². The average molecular weight is 283 g/mol. The highest BCUT2D eigenvalue weighted by Gasteiger charge is 2.07. The van der Waals surface area contributed by atoms with Crippen molar-refractivity contribution in [1.82, 2.24) is 14.6 Å². The third kappa shape index (κ3) is 2.66. The summed E-state index contributed by atoms with van der Waals surface area (Å²) < 4.78 is 7.32. The number of hydrogen-bond donors (Lipinski definition) is 2. The van der Waals surface area contributed by atoms with Crippen LogP contribution >= 0.6 is 0 Å². The zero-order valence-electron chi connectivity index (χ0n) is 11.8. The highest BCUT2D eigenvalue weighted by molar-refractivity contribution is 5.73. The van der Waals surface area contributed by atoms with Crippen molar-refractivity contribution in [2.75, 3.05) is 11.9 Å². The first-order valence-corrected chi connectivity index (χ1v) is 6.83. The van der Waals surface area contributed by atoms with Gasteiger partial charge in [0.15, 0.2) is 5.82 Å². The molecule has 0 radical (unpaired) electrons. The van der Waals surface area contributed by atoms with Crippen LogP contribution in [0.25, 0.3) is 5.52 Å². The van der Waals surface area contributed by atoms with Crippen LogP contribution in [0.3, 0.4) is 0 Å². The van der Waals surface area contributed by atoms with E-state index in [2.05, 4.69) is 15.4 Å². The number of nitrogens with zero attached hydrogens (tertiary/aromatic N) is 3. The topological polar surface area (TPSA) is 77.5 Å². The molecule has 0 aliphatic carbocycles. The van der Waals surface area contributed by atoms with Gasteiger partial charge in [-0.3, -0.25) is 0 Å². The number of nitrogens with two attached hydrogens (primary N) is 1. The molecule has 0 fully saturated rings. The molecule has 1 aromatic carbocycles. The summed E-state index contributed by atoms with van der Waals surface area (Å²) in [5.41, 5.74) is 8.57. The minimum Gasteiger partial charge on any atom is -0.494 e. The first-order valence-electron chi connectivity index (χ1n) is 6.83. The summed E-state index contributed by atoms with van der Waals surface area (Å²) in [5.74, 6) is 1.57. The SMILES string of the molecule is CCOc1ccc(Nc2nccn3nccc23)cc1CN. The lowest BCUT2D eigenvalue weighted by molar-refractivity contribution is 0.336. The molecule has 0 bridgehead atoms. The second kappa shape index (κ2) is 5.80. The zero-order valence-corrected chi connectivity index (χ0v) is 11.8. The fourth-order valence-electron chi connectivity index (χ4n) is 2.20. The van der Waals surface area contributed by atoms with Crippen LogP contribution in [0, 0.1) is 0 Å². The number of rotatable bonds is 5. The molecule has 3 N–H and O–H groups in total. The molecule has 0 saturated carbocycles. The first-order chi connectivity index (χ1) is 10.3. The van der Waals surface area contributed by atoms with E-state index in [0.29, 0.717) is 13.2 Å². The van der Waals surface area contributed by atoms with Gasteiger partial charge >= 0.3 is 0 Å². The number of nitrogens with one attached hydrogen (secondary N) is 1. The van der Waals surface area contributed by atoms with Crippen LogP contribution in [0.4, 0.5) is 11.5 Å². The van der Waals surface area contributed by atoms with Crippen molar-refractivity contribution in [1.29, 1.82) is 0 Å². The number of aromatic nitrogens is 3. The maximum atomic E-state index is 5.78. The lowest BCUT2D eigenvalue weighted by Crippen LogP contribution is -2.04. The van der Waals surface area contributed by atoms with Crippen LogP contribution < -0.4 is 15.8 Å². The maximum absolute atomic E-state index is 5.78. The van der Waals surface area contributed by atoms with Crippen molar-refractivity contribution >= 4 is 17.0 Å². The van der Waals surface area contributed by atoms with E-state index in [0.717, 1.165) is 28.3 Å². The number of hydrogen-bond acceptors (Lipinski definition) is 5. The number of fused-ring (bicyclic) bond motifs is 1. The van der Waals surface area contributed by atoms with E-state index in [9.17, 15) is 0 Å². The van der Waals surface area contributed by atoms with Crippen LogP contribution in [0.1, 0.15) is 12.5 Å². The largest absolute Gasteiger partial charge is 0.494 e. The Kier molecular flexibility index (Phi) is 3.70. The van der Waals surface area contributed by atoms with E-state index < -0.39 is 0 Å². The van der Waals surface area contributed by atoms with Gasteiger partial charge in [-0.05, 0) is 31.2 Å². The highest BCUT2D eigenvalue weighted by Crippen LogP contribution is 2.25.